The summed E-state index contributed by atoms with van der Waals surface area (Å²) in [6, 6.07) is 17.4. The van der Waals surface area contributed by atoms with Gasteiger partial charge in [-0.2, -0.15) is 5.10 Å². The molecule has 4 aromatic rings. The number of amides is 1. The van der Waals surface area contributed by atoms with Crippen molar-refractivity contribution in [3.05, 3.63) is 94.4 Å². The van der Waals surface area contributed by atoms with Gasteiger partial charge in [-0.05, 0) is 53.1 Å². The zero-order chi connectivity index (χ0) is 24.9. The first-order chi connectivity index (χ1) is 16.7. The summed E-state index contributed by atoms with van der Waals surface area (Å²) < 4.78 is 13.4. The van der Waals surface area contributed by atoms with Gasteiger partial charge in [-0.3, -0.25) is 9.59 Å². The Morgan fingerprint density at radius 3 is 2.51 bits per heavy atom. The third kappa shape index (κ3) is 3.82. The zero-order valence-corrected chi connectivity index (χ0v) is 20.1. The minimum atomic E-state index is -1.64. The first-order valence-corrected chi connectivity index (χ1v) is 12.5. The summed E-state index contributed by atoms with van der Waals surface area (Å²) in [5.74, 6) is -1.24. The van der Waals surface area contributed by atoms with Gasteiger partial charge < -0.3 is 16.0 Å². The second-order valence-electron chi connectivity index (χ2n) is 8.30. The molecule has 8 nitrogen and oxygen atoms in total. The number of Topliss-reactive ketones (excluding diaryl/α,β-unsaturated/α-hetero) is 1. The molecule has 2 aromatic carbocycles. The highest BCUT2D eigenvalue weighted by Crippen LogP contribution is 2.45. The molecule has 0 radical (unpaired) electrons. The number of pyridine rings is 1. The van der Waals surface area contributed by atoms with Gasteiger partial charge in [0.2, 0.25) is 0 Å². The molecule has 2 unspecified atom stereocenters. The molecular formula is C25H20ClN5O3S. The first kappa shape index (κ1) is 23.3. The Morgan fingerprint density at radius 2 is 1.86 bits per heavy atom. The minimum Gasteiger partial charge on any atom is -0.612 e. The number of carbonyl (C=O) groups is 2. The fourth-order valence-electron chi connectivity index (χ4n) is 4.52. The molecule has 1 aliphatic carbocycles. The third-order valence-corrected chi connectivity index (χ3v) is 7.26. The minimum absolute atomic E-state index is 0.0892. The molecule has 0 saturated carbocycles. The highest BCUT2D eigenvalue weighted by molar-refractivity contribution is 7.90. The molecule has 2 heterocycles. The quantitative estimate of drug-likeness (QED) is 0.243. The summed E-state index contributed by atoms with van der Waals surface area (Å²) in [7, 11) is 0. The average Bonchev–Trinajstić information content (AvgIpc) is 3.26. The predicted molar refractivity (Wildman–Crippen MR) is 133 cm³/mol. The highest BCUT2D eigenvalue weighted by atomic mass is 35.5. The molecule has 35 heavy (non-hydrogen) atoms. The summed E-state index contributed by atoms with van der Waals surface area (Å²) in [5.41, 5.74) is 14.1. The fourth-order valence-corrected chi connectivity index (χ4v) is 5.21. The Balaban J connectivity index is 1.80. The van der Waals surface area contributed by atoms with E-state index in [0.717, 1.165) is 11.1 Å². The summed E-state index contributed by atoms with van der Waals surface area (Å²) in [5, 5.41) is 4.67. The van der Waals surface area contributed by atoms with Gasteiger partial charge in [0.15, 0.2) is 16.4 Å². The first-order valence-electron chi connectivity index (χ1n) is 10.6. The molecule has 0 spiro atoms. The van der Waals surface area contributed by atoms with Gasteiger partial charge in [0.1, 0.15) is 16.9 Å². The molecule has 10 heteroatoms. The third-order valence-electron chi connectivity index (χ3n) is 6.11. The van der Waals surface area contributed by atoms with E-state index < -0.39 is 28.4 Å². The van der Waals surface area contributed by atoms with Crippen molar-refractivity contribution in [2.45, 2.75) is 16.9 Å². The maximum absolute atomic E-state index is 13.9. The molecule has 4 N–H and O–H groups in total. The van der Waals surface area contributed by atoms with Crippen LogP contribution < -0.4 is 11.5 Å². The Labute approximate surface area is 209 Å². The number of nitrogens with zero attached hydrogens (tertiary/aromatic N) is 3. The van der Waals surface area contributed by atoms with Crippen LogP contribution in [0.3, 0.4) is 0 Å². The number of benzene rings is 2. The van der Waals surface area contributed by atoms with Crippen molar-refractivity contribution in [2.75, 3.05) is 6.26 Å². The van der Waals surface area contributed by atoms with Crippen LogP contribution >= 0.6 is 11.6 Å². The van der Waals surface area contributed by atoms with Crippen molar-refractivity contribution in [3.8, 4) is 16.9 Å². The van der Waals surface area contributed by atoms with Gasteiger partial charge in [-0.25, -0.2) is 9.67 Å². The van der Waals surface area contributed by atoms with Crippen LogP contribution in [0.1, 0.15) is 32.0 Å². The van der Waals surface area contributed by atoms with Gasteiger partial charge in [0.05, 0.1) is 11.4 Å². The van der Waals surface area contributed by atoms with Crippen LogP contribution in [0.2, 0.25) is 5.15 Å². The maximum Gasteiger partial charge on any atom is 0.269 e. The van der Waals surface area contributed by atoms with E-state index in [1.54, 1.807) is 35.2 Å². The Hall–Kier alpha value is -3.50. The van der Waals surface area contributed by atoms with Crippen LogP contribution in [0.25, 0.3) is 16.9 Å². The van der Waals surface area contributed by atoms with E-state index >= 15 is 0 Å². The van der Waals surface area contributed by atoms with Gasteiger partial charge in [-0.15, -0.1) is 0 Å². The highest BCUT2D eigenvalue weighted by Gasteiger charge is 2.47. The number of hydrogen-bond donors (Lipinski definition) is 2. The lowest BCUT2D eigenvalue weighted by Crippen LogP contribution is -2.49. The molecule has 176 valence electrons. The summed E-state index contributed by atoms with van der Waals surface area (Å²) in [6.07, 6.45) is 3.15. The Morgan fingerprint density at radius 1 is 1.14 bits per heavy atom. The Kier molecular flexibility index (Phi) is 5.72. The molecule has 1 aliphatic rings. The standard InChI is InChI=1S/C25H20ClN5O3S/c1-35(34)17-8-6-16(7-9-17)31-22-18-5-3-2-4-15(18)13-25(28,20(22)21(30-31)24(27)33)23(32)14-10-11-29-19(26)12-14/h2-12H,13,28H2,1H3,(H2,27,33). The topological polar surface area (TPSA) is 140 Å². The van der Waals surface area contributed by atoms with Crippen molar-refractivity contribution in [1.29, 1.82) is 0 Å². The monoisotopic (exact) mass is 505 g/mol. The molecule has 0 bridgehead atoms. The van der Waals surface area contributed by atoms with E-state index in [9.17, 15) is 14.1 Å². The van der Waals surface area contributed by atoms with Gasteiger partial charge in [0.25, 0.3) is 5.91 Å². The normalized spacial score (nSPS) is 17.4. The van der Waals surface area contributed by atoms with E-state index in [1.165, 1.54) is 18.3 Å². The SMILES string of the molecule is C[S+]([O-])c1ccc(-n2nc(C(N)=O)c3c2-c2ccccc2CC3(N)C(=O)c2ccnc(Cl)c2)cc1. The molecule has 0 saturated heterocycles. The molecule has 2 aromatic heterocycles. The summed E-state index contributed by atoms with van der Waals surface area (Å²) in [4.78, 5) is 31.0. The van der Waals surface area contributed by atoms with Crippen molar-refractivity contribution >= 4 is 34.5 Å². The molecule has 0 fully saturated rings. The number of nitrogens with two attached hydrogens (primary N) is 2. The van der Waals surface area contributed by atoms with Crippen molar-refractivity contribution in [1.82, 2.24) is 14.8 Å². The second kappa shape index (κ2) is 8.62. The number of primary amides is 1. The van der Waals surface area contributed by atoms with E-state index in [-0.39, 0.29) is 28.4 Å². The maximum atomic E-state index is 13.9. The van der Waals surface area contributed by atoms with Crippen molar-refractivity contribution in [2.24, 2.45) is 11.5 Å². The van der Waals surface area contributed by atoms with Crippen LogP contribution in [0.15, 0.2) is 71.8 Å². The van der Waals surface area contributed by atoms with Crippen LogP contribution in [-0.2, 0) is 23.1 Å². The number of rotatable bonds is 5. The lowest BCUT2D eigenvalue weighted by Gasteiger charge is -2.34. The molecule has 2 atom stereocenters. The molecule has 5 rings (SSSR count). The summed E-state index contributed by atoms with van der Waals surface area (Å²) >= 11 is 4.88. The van der Waals surface area contributed by atoms with E-state index in [4.69, 9.17) is 23.1 Å². The Bertz CT molecular complexity index is 1480. The molecule has 1 amide bonds. The number of carbonyl (C=O) groups excluding carboxylic acids is 2. The number of aromatic nitrogens is 3. The zero-order valence-electron chi connectivity index (χ0n) is 18.6. The lowest BCUT2D eigenvalue weighted by molar-refractivity contribution is 0.0882. The number of halogens is 1. The van der Waals surface area contributed by atoms with Crippen molar-refractivity contribution in [3.63, 3.8) is 0 Å². The van der Waals surface area contributed by atoms with Crippen LogP contribution in [0.4, 0.5) is 0 Å². The largest absolute Gasteiger partial charge is 0.612 e. The number of ketones is 1. The smallest absolute Gasteiger partial charge is 0.269 e. The predicted octanol–water partition coefficient (Wildman–Crippen LogP) is 3.02. The second-order valence-corrected chi connectivity index (χ2v) is 10.1. The van der Waals surface area contributed by atoms with Crippen molar-refractivity contribution < 1.29 is 14.1 Å². The van der Waals surface area contributed by atoms with Crippen LogP contribution in [0, 0.1) is 0 Å². The van der Waals surface area contributed by atoms with Crippen LogP contribution in [0.5, 0.6) is 0 Å². The average molecular weight is 506 g/mol. The fraction of sp³-hybridized carbons (Fsp3) is 0.120. The van der Waals surface area contributed by atoms with E-state index in [2.05, 4.69) is 10.1 Å². The number of fused-ring (bicyclic) bond motifs is 3. The number of hydrogen-bond acceptors (Lipinski definition) is 6. The molecule has 0 aliphatic heterocycles. The van der Waals surface area contributed by atoms with Crippen LogP contribution in [-0.4, -0.2) is 37.3 Å². The van der Waals surface area contributed by atoms with E-state index in [1.807, 2.05) is 24.3 Å². The summed E-state index contributed by atoms with van der Waals surface area (Å²) in [6.45, 7) is 0. The van der Waals surface area contributed by atoms with Gasteiger partial charge >= 0.3 is 0 Å². The van der Waals surface area contributed by atoms with E-state index in [0.29, 0.717) is 16.3 Å². The van der Waals surface area contributed by atoms with Gasteiger partial charge in [0, 0.05) is 29.3 Å². The molecular weight excluding hydrogens is 486 g/mol. The van der Waals surface area contributed by atoms with Gasteiger partial charge in [-0.1, -0.05) is 35.9 Å². The lowest BCUT2D eigenvalue weighted by atomic mass is 9.72.